The molecule has 1 aliphatic carbocycles. The fourth-order valence-electron chi connectivity index (χ4n) is 2.81. The maximum absolute atomic E-state index is 11.2. The minimum Gasteiger partial charge on any atom is -0.476 e. The van der Waals surface area contributed by atoms with Gasteiger partial charge in [0.05, 0.1) is 12.6 Å². The molecule has 1 aromatic heterocycles. The largest absolute Gasteiger partial charge is 0.476 e. The molecule has 17 heavy (non-hydrogen) atoms. The van der Waals surface area contributed by atoms with Crippen LogP contribution in [-0.2, 0) is 17.6 Å². The van der Waals surface area contributed by atoms with Crippen molar-refractivity contribution in [3.8, 4) is 0 Å². The van der Waals surface area contributed by atoms with Gasteiger partial charge in [-0.1, -0.05) is 0 Å². The first-order chi connectivity index (χ1) is 8.27. The van der Waals surface area contributed by atoms with Crippen LogP contribution < -0.4 is 0 Å². The van der Waals surface area contributed by atoms with Crippen molar-refractivity contribution in [2.24, 2.45) is 0 Å². The van der Waals surface area contributed by atoms with E-state index in [2.05, 4.69) is 5.10 Å². The molecule has 92 valence electrons. The van der Waals surface area contributed by atoms with Crippen LogP contribution in [0.1, 0.15) is 47.1 Å². The van der Waals surface area contributed by atoms with Gasteiger partial charge in [0.15, 0.2) is 5.69 Å². The Balaban J connectivity index is 2.05. The summed E-state index contributed by atoms with van der Waals surface area (Å²) in [4.78, 5) is 11.2. The van der Waals surface area contributed by atoms with Crippen molar-refractivity contribution in [3.63, 3.8) is 0 Å². The number of aromatic carboxylic acids is 1. The van der Waals surface area contributed by atoms with E-state index in [9.17, 15) is 9.90 Å². The molecule has 1 saturated heterocycles. The van der Waals surface area contributed by atoms with E-state index in [0.717, 1.165) is 50.0 Å². The smallest absolute Gasteiger partial charge is 0.356 e. The highest BCUT2D eigenvalue weighted by atomic mass is 16.5. The van der Waals surface area contributed by atoms with E-state index in [0.29, 0.717) is 6.61 Å². The van der Waals surface area contributed by atoms with Crippen LogP contribution >= 0.6 is 0 Å². The normalized spacial score (nSPS) is 23.6. The fraction of sp³-hybridized carbons (Fsp3) is 0.667. The molecule has 1 aromatic rings. The summed E-state index contributed by atoms with van der Waals surface area (Å²) in [5.74, 6) is -0.902. The number of carboxylic acids is 1. The van der Waals surface area contributed by atoms with Crippen LogP contribution in [0.5, 0.6) is 0 Å². The third-order valence-electron chi connectivity index (χ3n) is 3.66. The standard InChI is InChI=1S/C12H16N2O3/c15-12(16)11-9-3-1-2-4-10(9)14(13-11)8-5-6-17-7-8/h8H,1-7H2,(H,15,16). The Morgan fingerprint density at radius 3 is 2.94 bits per heavy atom. The van der Waals surface area contributed by atoms with Crippen LogP contribution in [-0.4, -0.2) is 34.1 Å². The van der Waals surface area contributed by atoms with Crippen LogP contribution in [0.3, 0.4) is 0 Å². The van der Waals surface area contributed by atoms with Crippen molar-refractivity contribution in [3.05, 3.63) is 17.0 Å². The van der Waals surface area contributed by atoms with Crippen LogP contribution in [0.4, 0.5) is 0 Å². The Labute approximate surface area is 99.4 Å². The predicted octanol–water partition coefficient (Wildman–Crippen LogP) is 1.42. The summed E-state index contributed by atoms with van der Waals surface area (Å²) >= 11 is 0. The summed E-state index contributed by atoms with van der Waals surface area (Å²) in [6, 6.07) is 0.231. The van der Waals surface area contributed by atoms with Gasteiger partial charge in [0.2, 0.25) is 0 Å². The molecule has 0 radical (unpaired) electrons. The second-order valence-corrected chi connectivity index (χ2v) is 4.75. The number of aromatic nitrogens is 2. The van der Waals surface area contributed by atoms with Gasteiger partial charge in [-0.05, 0) is 32.1 Å². The molecule has 1 fully saturated rings. The maximum Gasteiger partial charge on any atom is 0.356 e. The number of hydrogen-bond acceptors (Lipinski definition) is 3. The Hall–Kier alpha value is -1.36. The molecule has 0 amide bonds. The molecule has 0 spiro atoms. The molecule has 1 atom stereocenters. The van der Waals surface area contributed by atoms with Crippen LogP contribution in [0.15, 0.2) is 0 Å². The molecule has 5 nitrogen and oxygen atoms in total. The Morgan fingerprint density at radius 1 is 1.41 bits per heavy atom. The van der Waals surface area contributed by atoms with Gasteiger partial charge in [-0.15, -0.1) is 0 Å². The first-order valence-electron chi connectivity index (χ1n) is 6.18. The van der Waals surface area contributed by atoms with E-state index in [-0.39, 0.29) is 11.7 Å². The Bertz CT molecular complexity index is 447. The van der Waals surface area contributed by atoms with Crippen molar-refractivity contribution in [1.82, 2.24) is 9.78 Å². The van der Waals surface area contributed by atoms with Gasteiger partial charge in [-0.2, -0.15) is 5.10 Å². The lowest BCUT2D eigenvalue weighted by molar-refractivity contribution is 0.0687. The zero-order chi connectivity index (χ0) is 11.8. The highest BCUT2D eigenvalue weighted by Gasteiger charge is 2.29. The molecule has 0 aromatic carbocycles. The molecule has 3 rings (SSSR count). The van der Waals surface area contributed by atoms with E-state index in [1.807, 2.05) is 4.68 Å². The summed E-state index contributed by atoms with van der Waals surface area (Å²) in [7, 11) is 0. The van der Waals surface area contributed by atoms with E-state index >= 15 is 0 Å². The summed E-state index contributed by atoms with van der Waals surface area (Å²) in [5.41, 5.74) is 2.34. The van der Waals surface area contributed by atoms with Crippen LogP contribution in [0, 0.1) is 0 Å². The lowest BCUT2D eigenvalue weighted by Crippen LogP contribution is -2.15. The summed E-state index contributed by atoms with van der Waals surface area (Å²) in [5, 5.41) is 13.5. The van der Waals surface area contributed by atoms with E-state index in [4.69, 9.17) is 4.74 Å². The summed E-state index contributed by atoms with van der Waals surface area (Å²) < 4.78 is 7.29. The fourth-order valence-corrected chi connectivity index (χ4v) is 2.81. The maximum atomic E-state index is 11.2. The zero-order valence-corrected chi connectivity index (χ0v) is 9.69. The third kappa shape index (κ3) is 1.74. The molecule has 1 N–H and O–H groups in total. The van der Waals surface area contributed by atoms with Gasteiger partial charge in [-0.25, -0.2) is 4.79 Å². The second-order valence-electron chi connectivity index (χ2n) is 4.75. The molecule has 2 aliphatic rings. The van der Waals surface area contributed by atoms with Crippen LogP contribution in [0.2, 0.25) is 0 Å². The number of carbonyl (C=O) groups is 1. The third-order valence-corrected chi connectivity index (χ3v) is 3.66. The lowest BCUT2D eigenvalue weighted by Gasteiger charge is -2.17. The number of hydrogen-bond donors (Lipinski definition) is 1. The van der Waals surface area contributed by atoms with Crippen molar-refractivity contribution >= 4 is 5.97 Å². The van der Waals surface area contributed by atoms with Crippen LogP contribution in [0.25, 0.3) is 0 Å². The van der Waals surface area contributed by atoms with Gasteiger partial charge in [0.25, 0.3) is 0 Å². The Morgan fingerprint density at radius 2 is 2.24 bits per heavy atom. The van der Waals surface area contributed by atoms with E-state index < -0.39 is 5.97 Å². The average molecular weight is 236 g/mol. The molecule has 0 bridgehead atoms. The number of carboxylic acid groups (broad SMARTS) is 1. The number of nitrogens with zero attached hydrogens (tertiary/aromatic N) is 2. The highest BCUT2D eigenvalue weighted by molar-refractivity contribution is 5.87. The molecular formula is C12H16N2O3. The molecule has 1 aliphatic heterocycles. The quantitative estimate of drug-likeness (QED) is 0.843. The monoisotopic (exact) mass is 236 g/mol. The Kier molecular flexibility index (Phi) is 2.63. The zero-order valence-electron chi connectivity index (χ0n) is 9.69. The minimum absolute atomic E-state index is 0.231. The van der Waals surface area contributed by atoms with Gasteiger partial charge in [0, 0.05) is 17.9 Å². The van der Waals surface area contributed by atoms with E-state index in [1.165, 1.54) is 0 Å². The number of fused-ring (bicyclic) bond motifs is 1. The molecular weight excluding hydrogens is 220 g/mol. The predicted molar refractivity (Wildman–Crippen MR) is 60.3 cm³/mol. The van der Waals surface area contributed by atoms with Crippen molar-refractivity contribution < 1.29 is 14.6 Å². The summed E-state index contributed by atoms with van der Waals surface area (Å²) in [6.45, 7) is 1.41. The molecule has 5 heteroatoms. The van der Waals surface area contributed by atoms with Gasteiger partial charge in [-0.3, -0.25) is 4.68 Å². The first-order valence-corrected chi connectivity index (χ1v) is 6.18. The molecule has 1 unspecified atom stereocenters. The van der Waals surface area contributed by atoms with E-state index in [1.54, 1.807) is 0 Å². The molecule has 0 saturated carbocycles. The van der Waals surface area contributed by atoms with Crippen molar-refractivity contribution in [2.45, 2.75) is 38.1 Å². The average Bonchev–Trinajstić information content (AvgIpc) is 2.95. The topological polar surface area (TPSA) is 64.3 Å². The van der Waals surface area contributed by atoms with Crippen molar-refractivity contribution in [1.29, 1.82) is 0 Å². The minimum atomic E-state index is -0.902. The van der Waals surface area contributed by atoms with Crippen molar-refractivity contribution in [2.75, 3.05) is 13.2 Å². The number of rotatable bonds is 2. The van der Waals surface area contributed by atoms with Gasteiger partial charge >= 0.3 is 5.97 Å². The molecule has 2 heterocycles. The SMILES string of the molecule is O=C(O)c1nn(C2CCOC2)c2c1CCCC2. The van der Waals surface area contributed by atoms with Gasteiger partial charge < -0.3 is 9.84 Å². The van der Waals surface area contributed by atoms with Gasteiger partial charge in [0.1, 0.15) is 0 Å². The highest BCUT2D eigenvalue weighted by Crippen LogP contribution is 2.29. The lowest BCUT2D eigenvalue weighted by atomic mass is 9.95. The summed E-state index contributed by atoms with van der Waals surface area (Å²) in [6.07, 6.45) is 4.94. The second kappa shape index (κ2) is 4.14. The number of ether oxygens (including phenoxy) is 1. The first kappa shape index (κ1) is 10.8.